The standard InChI is InChI=1S/C11H20N2O/c1-2-3-5-8-12-11(14)13-9-6-4-7-10-13/h2-3H,4-10H2,1H3,(H,12,14)/b3-2+. The minimum absolute atomic E-state index is 0.106. The van der Waals surface area contributed by atoms with Gasteiger partial charge >= 0.3 is 6.03 Å². The lowest BCUT2D eigenvalue weighted by atomic mass is 10.1. The van der Waals surface area contributed by atoms with E-state index in [1.54, 1.807) is 0 Å². The quantitative estimate of drug-likeness (QED) is 0.544. The Bertz CT molecular complexity index is 195. The topological polar surface area (TPSA) is 32.3 Å². The van der Waals surface area contributed by atoms with Crippen LogP contribution in [-0.4, -0.2) is 30.6 Å². The molecule has 0 radical (unpaired) electrons. The first-order valence-electron chi connectivity index (χ1n) is 5.48. The van der Waals surface area contributed by atoms with E-state index in [4.69, 9.17) is 0 Å². The molecule has 0 aromatic rings. The van der Waals surface area contributed by atoms with Gasteiger partial charge in [0.25, 0.3) is 0 Å². The first kappa shape index (κ1) is 11.1. The molecule has 0 aromatic heterocycles. The highest BCUT2D eigenvalue weighted by Crippen LogP contribution is 2.08. The molecule has 0 bridgehead atoms. The number of urea groups is 1. The van der Waals surface area contributed by atoms with Gasteiger partial charge in [0.15, 0.2) is 0 Å². The van der Waals surface area contributed by atoms with E-state index >= 15 is 0 Å². The summed E-state index contributed by atoms with van der Waals surface area (Å²) in [4.78, 5) is 13.5. The van der Waals surface area contributed by atoms with Gasteiger partial charge in [0.1, 0.15) is 0 Å². The number of nitrogens with one attached hydrogen (secondary N) is 1. The van der Waals surface area contributed by atoms with Crippen LogP contribution < -0.4 is 5.32 Å². The van der Waals surface area contributed by atoms with Crippen LogP contribution in [-0.2, 0) is 0 Å². The zero-order valence-electron chi connectivity index (χ0n) is 8.96. The van der Waals surface area contributed by atoms with Crippen molar-refractivity contribution in [3.8, 4) is 0 Å². The van der Waals surface area contributed by atoms with E-state index < -0.39 is 0 Å². The van der Waals surface area contributed by atoms with Crippen LogP contribution in [0.1, 0.15) is 32.6 Å². The number of hydrogen-bond acceptors (Lipinski definition) is 1. The van der Waals surface area contributed by atoms with Crippen LogP contribution in [0.2, 0.25) is 0 Å². The molecule has 1 fully saturated rings. The molecule has 0 aromatic carbocycles. The second-order valence-electron chi connectivity index (χ2n) is 3.64. The lowest BCUT2D eigenvalue weighted by Crippen LogP contribution is -2.42. The van der Waals surface area contributed by atoms with Crippen molar-refractivity contribution in [2.24, 2.45) is 0 Å². The maximum absolute atomic E-state index is 11.6. The first-order chi connectivity index (χ1) is 6.84. The zero-order chi connectivity index (χ0) is 10.2. The number of likely N-dealkylation sites (tertiary alicyclic amines) is 1. The van der Waals surface area contributed by atoms with Crippen molar-refractivity contribution in [3.05, 3.63) is 12.2 Å². The van der Waals surface area contributed by atoms with Crippen LogP contribution in [0.4, 0.5) is 4.79 Å². The molecule has 0 atom stereocenters. The maximum atomic E-state index is 11.6. The van der Waals surface area contributed by atoms with E-state index in [2.05, 4.69) is 11.4 Å². The van der Waals surface area contributed by atoms with Gasteiger partial charge in [-0.3, -0.25) is 0 Å². The lowest BCUT2D eigenvalue weighted by molar-refractivity contribution is 0.186. The summed E-state index contributed by atoms with van der Waals surface area (Å²) < 4.78 is 0. The SMILES string of the molecule is C/C=C/CCNC(=O)N1CCCCC1. The summed E-state index contributed by atoms with van der Waals surface area (Å²) in [6.45, 7) is 4.59. The van der Waals surface area contributed by atoms with E-state index in [1.165, 1.54) is 6.42 Å². The largest absolute Gasteiger partial charge is 0.338 e. The van der Waals surface area contributed by atoms with Crippen LogP contribution in [0.15, 0.2) is 12.2 Å². The lowest BCUT2D eigenvalue weighted by Gasteiger charge is -2.26. The molecule has 0 aliphatic carbocycles. The number of hydrogen-bond donors (Lipinski definition) is 1. The van der Waals surface area contributed by atoms with Gasteiger partial charge in [0.05, 0.1) is 0 Å². The third-order valence-corrected chi connectivity index (χ3v) is 2.47. The number of allylic oxidation sites excluding steroid dienone is 1. The smallest absolute Gasteiger partial charge is 0.317 e. The van der Waals surface area contributed by atoms with Crippen molar-refractivity contribution in [1.29, 1.82) is 0 Å². The van der Waals surface area contributed by atoms with E-state index in [1.807, 2.05) is 17.9 Å². The number of rotatable bonds is 3. The minimum atomic E-state index is 0.106. The molecule has 14 heavy (non-hydrogen) atoms. The highest BCUT2D eigenvalue weighted by molar-refractivity contribution is 5.74. The Morgan fingerprint density at radius 1 is 1.36 bits per heavy atom. The predicted molar refractivity (Wildman–Crippen MR) is 58.3 cm³/mol. The molecule has 3 heteroatoms. The Kier molecular flexibility index (Phi) is 5.12. The normalized spacial score (nSPS) is 17.4. The van der Waals surface area contributed by atoms with Gasteiger partial charge in [-0.1, -0.05) is 12.2 Å². The van der Waals surface area contributed by atoms with Crippen molar-refractivity contribution in [1.82, 2.24) is 10.2 Å². The molecule has 1 N–H and O–H groups in total. The summed E-state index contributed by atoms with van der Waals surface area (Å²) in [5.74, 6) is 0. The van der Waals surface area contributed by atoms with Crippen molar-refractivity contribution in [2.75, 3.05) is 19.6 Å². The molecule has 1 aliphatic rings. The second-order valence-corrected chi connectivity index (χ2v) is 3.64. The van der Waals surface area contributed by atoms with Crippen molar-refractivity contribution < 1.29 is 4.79 Å². The van der Waals surface area contributed by atoms with Crippen LogP contribution in [0, 0.1) is 0 Å². The predicted octanol–water partition coefficient (Wildman–Crippen LogP) is 2.15. The Morgan fingerprint density at radius 3 is 2.71 bits per heavy atom. The average molecular weight is 196 g/mol. The van der Waals surface area contributed by atoms with Gasteiger partial charge < -0.3 is 10.2 Å². The molecule has 1 aliphatic heterocycles. The number of carbonyl (C=O) groups excluding carboxylic acids is 1. The van der Waals surface area contributed by atoms with Gasteiger partial charge in [-0.05, 0) is 32.6 Å². The Hall–Kier alpha value is -0.990. The molecule has 0 spiro atoms. The number of amides is 2. The molecule has 1 saturated heterocycles. The molecular formula is C11H20N2O. The molecule has 80 valence electrons. The number of nitrogens with zero attached hydrogens (tertiary/aromatic N) is 1. The number of carbonyl (C=O) groups is 1. The van der Waals surface area contributed by atoms with Gasteiger partial charge in [-0.15, -0.1) is 0 Å². The molecule has 0 unspecified atom stereocenters. The first-order valence-corrected chi connectivity index (χ1v) is 5.48. The zero-order valence-corrected chi connectivity index (χ0v) is 8.96. The molecule has 1 heterocycles. The average Bonchev–Trinajstić information content (AvgIpc) is 2.25. The van der Waals surface area contributed by atoms with Crippen LogP contribution in [0.3, 0.4) is 0 Å². The third-order valence-electron chi connectivity index (χ3n) is 2.47. The molecular weight excluding hydrogens is 176 g/mol. The van der Waals surface area contributed by atoms with Crippen LogP contribution in [0.25, 0.3) is 0 Å². The Morgan fingerprint density at radius 2 is 2.07 bits per heavy atom. The van der Waals surface area contributed by atoms with Gasteiger partial charge in [-0.25, -0.2) is 4.79 Å². The summed E-state index contributed by atoms with van der Waals surface area (Å²) in [5, 5.41) is 2.92. The fourth-order valence-electron chi connectivity index (χ4n) is 1.64. The molecule has 3 nitrogen and oxygen atoms in total. The summed E-state index contributed by atoms with van der Waals surface area (Å²) in [6.07, 6.45) is 8.58. The fraction of sp³-hybridized carbons (Fsp3) is 0.727. The van der Waals surface area contributed by atoms with E-state index in [-0.39, 0.29) is 6.03 Å². The molecule has 1 rings (SSSR count). The molecule has 2 amide bonds. The second kappa shape index (κ2) is 6.46. The summed E-state index contributed by atoms with van der Waals surface area (Å²) in [5.41, 5.74) is 0. The minimum Gasteiger partial charge on any atom is -0.338 e. The monoisotopic (exact) mass is 196 g/mol. The van der Waals surface area contributed by atoms with Gasteiger partial charge in [0.2, 0.25) is 0 Å². The van der Waals surface area contributed by atoms with Crippen molar-refractivity contribution in [3.63, 3.8) is 0 Å². The van der Waals surface area contributed by atoms with Crippen LogP contribution >= 0.6 is 0 Å². The van der Waals surface area contributed by atoms with Crippen LogP contribution in [0.5, 0.6) is 0 Å². The van der Waals surface area contributed by atoms with E-state index in [0.29, 0.717) is 0 Å². The third kappa shape index (κ3) is 3.81. The highest BCUT2D eigenvalue weighted by atomic mass is 16.2. The fourth-order valence-corrected chi connectivity index (χ4v) is 1.64. The van der Waals surface area contributed by atoms with Gasteiger partial charge in [-0.2, -0.15) is 0 Å². The summed E-state index contributed by atoms with van der Waals surface area (Å²) >= 11 is 0. The molecule has 0 saturated carbocycles. The van der Waals surface area contributed by atoms with Gasteiger partial charge in [0, 0.05) is 19.6 Å². The van der Waals surface area contributed by atoms with Crippen molar-refractivity contribution >= 4 is 6.03 Å². The highest BCUT2D eigenvalue weighted by Gasteiger charge is 2.14. The summed E-state index contributed by atoms with van der Waals surface area (Å²) in [7, 11) is 0. The van der Waals surface area contributed by atoms with Crippen molar-refractivity contribution in [2.45, 2.75) is 32.6 Å². The van der Waals surface area contributed by atoms with E-state index in [9.17, 15) is 4.79 Å². The summed E-state index contributed by atoms with van der Waals surface area (Å²) in [6, 6.07) is 0.106. The maximum Gasteiger partial charge on any atom is 0.317 e. The number of piperidine rings is 1. The Labute approximate surface area is 86.2 Å². The van der Waals surface area contributed by atoms with E-state index in [0.717, 1.165) is 38.9 Å². The Balaban J connectivity index is 2.13.